The molecule has 0 spiro atoms. The minimum Gasteiger partial charge on any atom is -0.491 e. The Morgan fingerprint density at radius 1 is 0.923 bits per heavy atom. The number of carbonyl (C=O) groups excluding carboxylic acids is 2. The molecule has 2 amide bonds. The van der Waals surface area contributed by atoms with E-state index in [-0.39, 0.29) is 35.6 Å². The number of hydrogen-bond donors (Lipinski definition) is 0. The second kappa shape index (κ2) is 11.7. The number of carbonyl (C=O) groups is 2. The topological polar surface area (TPSA) is 99.0 Å². The first-order valence-corrected chi connectivity index (χ1v) is 13.5. The fraction of sp³-hybridized carbons (Fsp3) is 0.103. The van der Waals surface area contributed by atoms with Crippen LogP contribution in [0.2, 0.25) is 0 Å². The molecule has 0 bridgehead atoms. The van der Waals surface area contributed by atoms with Gasteiger partial charge in [0.25, 0.3) is 16.8 Å². The molecule has 1 aliphatic rings. The Kier molecular flexibility index (Phi) is 7.94. The van der Waals surface area contributed by atoms with Crippen LogP contribution in [0, 0.1) is 10.1 Å². The predicted molar refractivity (Wildman–Crippen MR) is 154 cm³/mol. The summed E-state index contributed by atoms with van der Waals surface area (Å²) >= 11 is 4.31. The van der Waals surface area contributed by atoms with Crippen LogP contribution in [0.4, 0.5) is 10.5 Å². The maximum absolute atomic E-state index is 13.1. The van der Waals surface area contributed by atoms with Gasteiger partial charge in [-0.25, -0.2) is 0 Å². The summed E-state index contributed by atoms with van der Waals surface area (Å²) in [4.78, 5) is 37.6. The van der Waals surface area contributed by atoms with E-state index in [1.807, 2.05) is 42.5 Å². The van der Waals surface area contributed by atoms with Crippen LogP contribution in [-0.2, 0) is 11.4 Å². The summed E-state index contributed by atoms with van der Waals surface area (Å²) < 4.78 is 12.7. The van der Waals surface area contributed by atoms with Gasteiger partial charge in [-0.1, -0.05) is 52.3 Å². The minimum absolute atomic E-state index is 0.00123. The molecular weight excluding hydrogens is 584 g/mol. The van der Waals surface area contributed by atoms with Crippen LogP contribution in [0.1, 0.15) is 11.1 Å². The lowest BCUT2D eigenvalue weighted by molar-refractivity contribution is -0.384. The Balaban J connectivity index is 1.26. The summed E-state index contributed by atoms with van der Waals surface area (Å²) in [6.45, 7) is 0.459. The third-order valence-corrected chi connectivity index (χ3v) is 7.40. The summed E-state index contributed by atoms with van der Waals surface area (Å²) in [5.74, 6) is 0.801. The Labute approximate surface area is 236 Å². The van der Waals surface area contributed by atoms with Gasteiger partial charge in [-0.15, -0.1) is 0 Å². The molecule has 10 heteroatoms. The number of nitro groups is 1. The largest absolute Gasteiger partial charge is 0.491 e. The van der Waals surface area contributed by atoms with Crippen molar-refractivity contribution in [3.05, 3.63) is 116 Å². The molecule has 1 saturated heterocycles. The zero-order chi connectivity index (χ0) is 27.4. The van der Waals surface area contributed by atoms with Crippen LogP contribution >= 0.6 is 27.7 Å². The lowest BCUT2D eigenvalue weighted by Gasteiger charge is -2.14. The molecule has 39 heavy (non-hydrogen) atoms. The minimum atomic E-state index is -0.458. The van der Waals surface area contributed by atoms with E-state index in [1.165, 1.54) is 17.0 Å². The van der Waals surface area contributed by atoms with Gasteiger partial charge in [0.05, 0.1) is 16.4 Å². The highest BCUT2D eigenvalue weighted by molar-refractivity contribution is 9.10. The maximum Gasteiger partial charge on any atom is 0.293 e. The predicted octanol–water partition coefficient (Wildman–Crippen LogP) is 7.20. The number of nitro benzene ring substituents is 1. The second-order valence-corrected chi connectivity index (χ2v) is 10.5. The SMILES string of the molecule is O=C1S/C(=C\c2cc(Br)ccc2OCc2ccc([N+](=O)[O-])cc2)C(=O)N1CCOc1cccc2ccccc12. The van der Waals surface area contributed by atoms with E-state index >= 15 is 0 Å². The Morgan fingerprint density at radius 2 is 1.69 bits per heavy atom. The lowest BCUT2D eigenvalue weighted by Crippen LogP contribution is -2.32. The van der Waals surface area contributed by atoms with Crippen molar-refractivity contribution < 1.29 is 24.0 Å². The fourth-order valence-electron chi connectivity index (χ4n) is 4.04. The van der Waals surface area contributed by atoms with Crippen LogP contribution in [0.15, 0.2) is 94.3 Å². The van der Waals surface area contributed by atoms with Gasteiger partial charge in [0.1, 0.15) is 24.7 Å². The molecule has 0 aromatic heterocycles. The summed E-state index contributed by atoms with van der Waals surface area (Å²) in [5, 5.41) is 12.5. The molecule has 0 saturated carbocycles. The maximum atomic E-state index is 13.1. The quantitative estimate of drug-likeness (QED) is 0.113. The molecule has 0 radical (unpaired) electrons. The van der Waals surface area contributed by atoms with E-state index in [0.29, 0.717) is 17.1 Å². The average Bonchev–Trinajstić information content (AvgIpc) is 3.20. The number of amides is 2. The summed E-state index contributed by atoms with van der Waals surface area (Å²) in [6, 6.07) is 25.1. The van der Waals surface area contributed by atoms with E-state index in [4.69, 9.17) is 9.47 Å². The first kappa shape index (κ1) is 26.5. The molecule has 4 aromatic carbocycles. The molecule has 5 rings (SSSR count). The standard InChI is InChI=1S/C29H21BrN2O6S/c30-22-10-13-25(38-18-19-8-11-23(12-9-19)32(35)36)21(16-22)17-27-28(33)31(29(34)39-27)14-15-37-26-7-3-5-20-4-1-2-6-24(20)26/h1-13,16-17H,14-15,18H2/b27-17-. The van der Waals surface area contributed by atoms with E-state index in [2.05, 4.69) is 15.9 Å². The van der Waals surface area contributed by atoms with Crippen LogP contribution in [0.25, 0.3) is 16.8 Å². The summed E-state index contributed by atoms with van der Waals surface area (Å²) in [7, 11) is 0. The number of imide groups is 1. The van der Waals surface area contributed by atoms with Crippen molar-refractivity contribution in [1.29, 1.82) is 0 Å². The van der Waals surface area contributed by atoms with Gasteiger partial charge in [0, 0.05) is 27.6 Å². The molecule has 0 unspecified atom stereocenters. The van der Waals surface area contributed by atoms with Crippen LogP contribution in [-0.4, -0.2) is 34.1 Å². The summed E-state index contributed by atoms with van der Waals surface area (Å²) in [6.07, 6.45) is 1.63. The molecule has 0 aliphatic carbocycles. The smallest absolute Gasteiger partial charge is 0.293 e. The van der Waals surface area contributed by atoms with Crippen molar-refractivity contribution >= 4 is 61.4 Å². The van der Waals surface area contributed by atoms with E-state index < -0.39 is 10.8 Å². The Bertz CT molecular complexity index is 1600. The van der Waals surface area contributed by atoms with Crippen LogP contribution < -0.4 is 9.47 Å². The van der Waals surface area contributed by atoms with Gasteiger partial charge < -0.3 is 9.47 Å². The van der Waals surface area contributed by atoms with Crippen LogP contribution in [0.3, 0.4) is 0 Å². The average molecular weight is 605 g/mol. The molecule has 4 aromatic rings. The monoisotopic (exact) mass is 604 g/mol. The van der Waals surface area contributed by atoms with Crippen LogP contribution in [0.5, 0.6) is 11.5 Å². The lowest BCUT2D eigenvalue weighted by atomic mass is 10.1. The van der Waals surface area contributed by atoms with E-state index in [9.17, 15) is 19.7 Å². The second-order valence-electron chi connectivity index (χ2n) is 8.55. The van der Waals surface area contributed by atoms with Gasteiger partial charge in [-0.2, -0.15) is 0 Å². The summed E-state index contributed by atoms with van der Waals surface area (Å²) in [5.41, 5.74) is 1.37. The van der Waals surface area contributed by atoms with Gasteiger partial charge >= 0.3 is 0 Å². The van der Waals surface area contributed by atoms with Gasteiger partial charge in [0.2, 0.25) is 0 Å². The van der Waals surface area contributed by atoms with Crippen molar-refractivity contribution in [1.82, 2.24) is 4.90 Å². The number of ether oxygens (including phenoxy) is 2. The first-order valence-electron chi connectivity index (χ1n) is 11.9. The van der Waals surface area contributed by atoms with E-state index in [1.54, 1.807) is 36.4 Å². The number of halogens is 1. The molecule has 0 atom stereocenters. The molecule has 196 valence electrons. The Morgan fingerprint density at radius 3 is 2.49 bits per heavy atom. The highest BCUT2D eigenvalue weighted by Gasteiger charge is 2.35. The van der Waals surface area contributed by atoms with Crippen molar-refractivity contribution in [2.24, 2.45) is 0 Å². The van der Waals surface area contributed by atoms with Crippen molar-refractivity contribution in [2.75, 3.05) is 13.2 Å². The number of non-ortho nitro benzene ring substituents is 1. The molecule has 1 heterocycles. The van der Waals surface area contributed by atoms with Gasteiger partial charge in [0.15, 0.2) is 0 Å². The number of benzene rings is 4. The van der Waals surface area contributed by atoms with Crippen molar-refractivity contribution in [2.45, 2.75) is 6.61 Å². The fourth-order valence-corrected chi connectivity index (χ4v) is 5.28. The third-order valence-electron chi connectivity index (χ3n) is 6.00. The zero-order valence-electron chi connectivity index (χ0n) is 20.4. The number of thioether (sulfide) groups is 1. The molecule has 1 aliphatic heterocycles. The first-order chi connectivity index (χ1) is 18.9. The third kappa shape index (κ3) is 6.13. The normalized spacial score (nSPS) is 14.3. The molecular formula is C29H21BrN2O6S. The van der Waals surface area contributed by atoms with E-state index in [0.717, 1.165) is 32.6 Å². The van der Waals surface area contributed by atoms with Gasteiger partial charge in [-0.05, 0) is 65.2 Å². The van der Waals surface area contributed by atoms with Crippen molar-refractivity contribution in [3.8, 4) is 11.5 Å². The number of fused-ring (bicyclic) bond motifs is 1. The molecule has 1 fully saturated rings. The highest BCUT2D eigenvalue weighted by atomic mass is 79.9. The highest BCUT2D eigenvalue weighted by Crippen LogP contribution is 2.35. The molecule has 8 nitrogen and oxygen atoms in total. The Hall–Kier alpha value is -4.15. The molecule has 0 N–H and O–H groups in total. The number of hydrogen-bond acceptors (Lipinski definition) is 7. The van der Waals surface area contributed by atoms with Gasteiger partial charge in [-0.3, -0.25) is 24.6 Å². The zero-order valence-corrected chi connectivity index (χ0v) is 22.8. The number of nitrogens with zero attached hydrogens (tertiary/aromatic N) is 2. The number of rotatable bonds is 9. The van der Waals surface area contributed by atoms with Crippen molar-refractivity contribution in [3.63, 3.8) is 0 Å².